The average Bonchev–Trinajstić information content (AvgIpc) is 2.11. The van der Waals surface area contributed by atoms with Crippen molar-refractivity contribution in [3.63, 3.8) is 0 Å². The zero-order valence-corrected chi connectivity index (χ0v) is 8.55. The highest BCUT2D eigenvalue weighted by molar-refractivity contribution is 4.89. The van der Waals surface area contributed by atoms with Gasteiger partial charge in [0.2, 0.25) is 0 Å². The summed E-state index contributed by atoms with van der Waals surface area (Å²) in [6.07, 6.45) is 12.9. The molecule has 12 heavy (non-hydrogen) atoms. The van der Waals surface area contributed by atoms with Gasteiger partial charge in [-0.25, -0.2) is 0 Å². The van der Waals surface area contributed by atoms with Crippen LogP contribution in [0.4, 0.5) is 0 Å². The Morgan fingerprint density at radius 3 is 2.50 bits per heavy atom. The van der Waals surface area contributed by atoms with Gasteiger partial charge >= 0.3 is 0 Å². The maximum Gasteiger partial charge on any atom is -0.0202 e. The van der Waals surface area contributed by atoms with Crippen molar-refractivity contribution in [3.8, 4) is 0 Å². The molecule has 0 aromatic heterocycles. The summed E-state index contributed by atoms with van der Waals surface area (Å²) < 4.78 is 0. The van der Waals surface area contributed by atoms with E-state index in [1.54, 1.807) is 0 Å². The Morgan fingerprint density at radius 2 is 2.00 bits per heavy atom. The fourth-order valence-electron chi connectivity index (χ4n) is 1.24. The van der Waals surface area contributed by atoms with Crippen molar-refractivity contribution in [2.75, 3.05) is 0 Å². The molecule has 0 rings (SSSR count). The highest BCUT2D eigenvalue weighted by Gasteiger charge is 1.99. The fourth-order valence-corrected chi connectivity index (χ4v) is 1.24. The van der Waals surface area contributed by atoms with Crippen LogP contribution in [-0.4, -0.2) is 0 Å². The second-order valence-electron chi connectivity index (χ2n) is 3.25. The molecule has 0 heterocycles. The summed E-state index contributed by atoms with van der Waals surface area (Å²) in [5, 5.41) is 0. The van der Waals surface area contributed by atoms with Crippen molar-refractivity contribution in [1.29, 1.82) is 0 Å². The lowest BCUT2D eigenvalue weighted by atomic mass is 9.98. The van der Waals surface area contributed by atoms with Crippen LogP contribution in [0.1, 0.15) is 46.0 Å². The van der Waals surface area contributed by atoms with Gasteiger partial charge < -0.3 is 0 Å². The molecule has 0 saturated carbocycles. The molecule has 0 heteroatoms. The smallest absolute Gasteiger partial charge is 0.0202 e. The summed E-state index contributed by atoms with van der Waals surface area (Å²) in [4.78, 5) is 0. The molecule has 0 spiro atoms. The van der Waals surface area contributed by atoms with Crippen LogP contribution in [0.25, 0.3) is 0 Å². The van der Waals surface area contributed by atoms with E-state index in [4.69, 9.17) is 0 Å². The molecule has 0 aliphatic rings. The predicted molar refractivity (Wildman–Crippen MR) is 57.3 cm³/mol. The molecule has 1 unspecified atom stereocenters. The largest absolute Gasteiger partial charge is 0.103 e. The summed E-state index contributed by atoms with van der Waals surface area (Å²) in [6.45, 7) is 8.27. The molecule has 0 radical (unpaired) electrons. The van der Waals surface area contributed by atoms with Gasteiger partial charge in [-0.05, 0) is 25.2 Å². The molecule has 0 fully saturated rings. The Kier molecular flexibility index (Phi) is 8.20. The molecule has 0 aliphatic carbocycles. The first-order valence-corrected chi connectivity index (χ1v) is 5.12. The number of unbranched alkanes of at least 4 members (excludes halogenated alkanes) is 1. The molecule has 0 aliphatic heterocycles. The van der Waals surface area contributed by atoms with Crippen LogP contribution in [0.2, 0.25) is 0 Å². The van der Waals surface area contributed by atoms with Gasteiger partial charge in [-0.1, -0.05) is 44.9 Å². The standard InChI is InChI=1S/C12H22/c1-4-7-9-11-12(6-3)10-8-5-2/h6-7,9,12H,3-5,8,10-11H2,1-2H3. The Labute approximate surface area is 77.4 Å². The molecule has 0 aromatic rings. The van der Waals surface area contributed by atoms with E-state index in [0.29, 0.717) is 5.92 Å². The maximum atomic E-state index is 3.86. The lowest BCUT2D eigenvalue weighted by molar-refractivity contribution is 0.561. The van der Waals surface area contributed by atoms with Crippen LogP contribution in [0.5, 0.6) is 0 Å². The maximum absolute atomic E-state index is 3.86. The molecule has 0 N–H and O–H groups in total. The van der Waals surface area contributed by atoms with Gasteiger partial charge in [0.1, 0.15) is 0 Å². The van der Waals surface area contributed by atoms with Crippen LogP contribution < -0.4 is 0 Å². The van der Waals surface area contributed by atoms with Crippen LogP contribution in [0, 0.1) is 5.92 Å². The zero-order valence-electron chi connectivity index (χ0n) is 8.55. The van der Waals surface area contributed by atoms with E-state index in [1.165, 1.54) is 25.7 Å². The summed E-state index contributed by atoms with van der Waals surface area (Å²) >= 11 is 0. The van der Waals surface area contributed by atoms with Crippen molar-refractivity contribution < 1.29 is 0 Å². The van der Waals surface area contributed by atoms with Crippen LogP contribution in [-0.2, 0) is 0 Å². The van der Waals surface area contributed by atoms with E-state index in [9.17, 15) is 0 Å². The second kappa shape index (κ2) is 8.58. The van der Waals surface area contributed by atoms with E-state index < -0.39 is 0 Å². The van der Waals surface area contributed by atoms with Gasteiger partial charge in [0.25, 0.3) is 0 Å². The molecule has 70 valence electrons. The predicted octanol–water partition coefficient (Wildman–Crippen LogP) is 4.34. The van der Waals surface area contributed by atoms with Crippen molar-refractivity contribution in [2.24, 2.45) is 5.92 Å². The van der Waals surface area contributed by atoms with E-state index >= 15 is 0 Å². The lowest BCUT2D eigenvalue weighted by Gasteiger charge is -2.07. The third kappa shape index (κ3) is 6.21. The Balaban J connectivity index is 3.52. The molecule has 1 atom stereocenters. The molecular weight excluding hydrogens is 144 g/mol. The van der Waals surface area contributed by atoms with E-state index in [-0.39, 0.29) is 0 Å². The highest BCUT2D eigenvalue weighted by atomic mass is 14.0. The van der Waals surface area contributed by atoms with Gasteiger partial charge in [0.05, 0.1) is 0 Å². The minimum absolute atomic E-state index is 0.702. The molecule has 0 nitrogen and oxygen atoms in total. The Hall–Kier alpha value is -0.520. The van der Waals surface area contributed by atoms with Crippen molar-refractivity contribution >= 4 is 0 Å². The number of allylic oxidation sites excluding steroid dienone is 3. The van der Waals surface area contributed by atoms with Gasteiger partial charge in [-0.3, -0.25) is 0 Å². The summed E-state index contributed by atoms with van der Waals surface area (Å²) in [7, 11) is 0. The highest BCUT2D eigenvalue weighted by Crippen LogP contribution is 2.14. The first-order valence-electron chi connectivity index (χ1n) is 5.12. The van der Waals surface area contributed by atoms with E-state index in [1.807, 2.05) is 0 Å². The Morgan fingerprint density at radius 1 is 1.25 bits per heavy atom. The fraction of sp³-hybridized carbons (Fsp3) is 0.667. The molecule has 0 saturated heterocycles. The topological polar surface area (TPSA) is 0 Å². The van der Waals surface area contributed by atoms with Gasteiger partial charge in [-0.2, -0.15) is 0 Å². The zero-order chi connectivity index (χ0) is 9.23. The van der Waals surface area contributed by atoms with Crippen molar-refractivity contribution in [1.82, 2.24) is 0 Å². The minimum Gasteiger partial charge on any atom is -0.103 e. The number of rotatable bonds is 7. The molecule has 0 amide bonds. The van der Waals surface area contributed by atoms with Crippen LogP contribution in [0.3, 0.4) is 0 Å². The lowest BCUT2D eigenvalue weighted by Crippen LogP contribution is -1.93. The SMILES string of the molecule is C=CC(CC=CCC)CCCC. The normalized spacial score (nSPS) is 13.5. The molecular formula is C12H22. The first kappa shape index (κ1) is 11.5. The summed E-state index contributed by atoms with van der Waals surface area (Å²) in [5.74, 6) is 0.702. The van der Waals surface area contributed by atoms with Crippen LogP contribution in [0.15, 0.2) is 24.8 Å². The quantitative estimate of drug-likeness (QED) is 0.494. The van der Waals surface area contributed by atoms with Crippen LogP contribution >= 0.6 is 0 Å². The Bertz CT molecular complexity index is 122. The van der Waals surface area contributed by atoms with Crippen molar-refractivity contribution in [3.05, 3.63) is 24.8 Å². The average molecular weight is 166 g/mol. The monoisotopic (exact) mass is 166 g/mol. The third-order valence-corrected chi connectivity index (χ3v) is 2.10. The first-order chi connectivity index (χ1) is 5.85. The number of hydrogen-bond acceptors (Lipinski definition) is 0. The van der Waals surface area contributed by atoms with E-state index in [0.717, 1.165) is 6.42 Å². The van der Waals surface area contributed by atoms with Gasteiger partial charge in [-0.15, -0.1) is 6.58 Å². The molecule has 0 bridgehead atoms. The van der Waals surface area contributed by atoms with Gasteiger partial charge in [0.15, 0.2) is 0 Å². The third-order valence-electron chi connectivity index (χ3n) is 2.10. The minimum atomic E-state index is 0.702. The number of hydrogen-bond donors (Lipinski definition) is 0. The van der Waals surface area contributed by atoms with Crippen molar-refractivity contribution in [2.45, 2.75) is 46.0 Å². The molecule has 0 aromatic carbocycles. The van der Waals surface area contributed by atoms with E-state index in [2.05, 4.69) is 38.7 Å². The summed E-state index contributed by atoms with van der Waals surface area (Å²) in [6, 6.07) is 0. The van der Waals surface area contributed by atoms with Gasteiger partial charge in [0, 0.05) is 0 Å². The second-order valence-corrected chi connectivity index (χ2v) is 3.25. The summed E-state index contributed by atoms with van der Waals surface area (Å²) in [5.41, 5.74) is 0.